The largest absolute Gasteiger partial charge is 0.468 e. The van der Waals surface area contributed by atoms with E-state index in [0.29, 0.717) is 6.54 Å². The molecule has 4 heteroatoms. The molecule has 2 aliphatic heterocycles. The van der Waals surface area contributed by atoms with Crippen molar-refractivity contribution in [3.05, 3.63) is 54.0 Å². The average molecular weight is 338 g/mol. The van der Waals surface area contributed by atoms with Gasteiger partial charge in [0.25, 0.3) is 0 Å². The lowest BCUT2D eigenvalue weighted by molar-refractivity contribution is -0.120. The van der Waals surface area contributed by atoms with Crippen LogP contribution in [-0.4, -0.2) is 30.4 Å². The number of carbonyl (C=O) groups is 1. The van der Waals surface area contributed by atoms with Gasteiger partial charge in [-0.2, -0.15) is 0 Å². The fourth-order valence-electron chi connectivity index (χ4n) is 4.21. The molecule has 0 N–H and O–H groups in total. The Hall–Kier alpha value is -2.07. The van der Waals surface area contributed by atoms with Gasteiger partial charge >= 0.3 is 0 Å². The van der Waals surface area contributed by atoms with Crippen molar-refractivity contribution in [1.82, 2.24) is 4.90 Å². The van der Waals surface area contributed by atoms with Crippen LogP contribution >= 0.6 is 0 Å². The van der Waals surface area contributed by atoms with Crippen LogP contribution in [0.2, 0.25) is 0 Å². The molecule has 0 saturated carbocycles. The molecule has 1 atom stereocenters. The zero-order valence-corrected chi connectivity index (χ0v) is 14.7. The normalized spacial score (nSPS) is 21.6. The Bertz CT molecular complexity index is 710. The Kier molecular flexibility index (Phi) is 4.88. The summed E-state index contributed by atoms with van der Waals surface area (Å²) in [5, 5.41) is 0. The van der Waals surface area contributed by atoms with E-state index in [0.717, 1.165) is 50.2 Å². The number of aryl methyl sites for hydroxylation is 1. The third-order valence-electron chi connectivity index (χ3n) is 5.48. The molecule has 4 nitrogen and oxygen atoms in total. The van der Waals surface area contributed by atoms with Crippen molar-refractivity contribution in [2.75, 3.05) is 24.5 Å². The number of para-hydroxylation sites is 1. The molecule has 0 spiro atoms. The summed E-state index contributed by atoms with van der Waals surface area (Å²) in [6.07, 6.45) is 8.50. The highest BCUT2D eigenvalue weighted by atomic mass is 16.3. The third-order valence-corrected chi connectivity index (χ3v) is 5.48. The summed E-state index contributed by atoms with van der Waals surface area (Å²) in [4.78, 5) is 17.4. The van der Waals surface area contributed by atoms with Crippen LogP contribution < -0.4 is 4.90 Å². The summed E-state index contributed by atoms with van der Waals surface area (Å²) in [5.74, 6) is 1.21. The lowest BCUT2D eigenvalue weighted by atomic mass is 10.0. The zero-order valence-electron chi connectivity index (χ0n) is 14.7. The minimum atomic E-state index is 0.214. The first-order valence-corrected chi connectivity index (χ1v) is 9.48. The smallest absolute Gasteiger partial charge is 0.241 e. The zero-order chi connectivity index (χ0) is 17.1. The Labute approximate surface area is 149 Å². The van der Waals surface area contributed by atoms with Gasteiger partial charge in [0, 0.05) is 12.2 Å². The van der Waals surface area contributed by atoms with Crippen LogP contribution in [0.4, 0.5) is 5.69 Å². The first kappa shape index (κ1) is 16.4. The highest BCUT2D eigenvalue weighted by Gasteiger charge is 2.29. The van der Waals surface area contributed by atoms with E-state index in [9.17, 15) is 4.79 Å². The lowest BCUT2D eigenvalue weighted by Crippen LogP contribution is -2.43. The molecule has 25 heavy (non-hydrogen) atoms. The van der Waals surface area contributed by atoms with Gasteiger partial charge in [-0.25, -0.2) is 0 Å². The number of likely N-dealkylation sites (tertiary alicyclic amines) is 1. The average Bonchev–Trinajstić information content (AvgIpc) is 3.08. The van der Waals surface area contributed by atoms with Gasteiger partial charge in [-0.1, -0.05) is 31.0 Å². The van der Waals surface area contributed by atoms with E-state index in [-0.39, 0.29) is 11.9 Å². The standard InChI is InChI=1S/C21H26N2O2/c24-21(23-14-6-9-17-8-3-4-10-18(17)23)16-22-13-5-1-2-11-19(22)20-12-7-15-25-20/h3-4,7-8,10,12,15,19H,1-2,5-6,9,11,13-14,16H2. The molecule has 0 radical (unpaired) electrons. The van der Waals surface area contributed by atoms with Crippen molar-refractivity contribution in [3.63, 3.8) is 0 Å². The summed E-state index contributed by atoms with van der Waals surface area (Å²) in [5.41, 5.74) is 2.39. The van der Waals surface area contributed by atoms with Gasteiger partial charge in [0.1, 0.15) is 5.76 Å². The first-order valence-electron chi connectivity index (χ1n) is 9.48. The molecule has 1 aromatic carbocycles. The van der Waals surface area contributed by atoms with Crippen molar-refractivity contribution < 1.29 is 9.21 Å². The molecule has 0 bridgehead atoms. The first-order chi connectivity index (χ1) is 12.3. The Morgan fingerprint density at radius 3 is 2.84 bits per heavy atom. The maximum absolute atomic E-state index is 13.1. The molecule has 4 rings (SSSR count). The minimum absolute atomic E-state index is 0.214. The minimum Gasteiger partial charge on any atom is -0.468 e. The van der Waals surface area contributed by atoms with Crippen molar-refractivity contribution >= 4 is 11.6 Å². The van der Waals surface area contributed by atoms with E-state index in [1.807, 2.05) is 23.1 Å². The number of hydrogen-bond donors (Lipinski definition) is 0. The Morgan fingerprint density at radius 2 is 1.96 bits per heavy atom. The molecular formula is C21H26N2O2. The van der Waals surface area contributed by atoms with Crippen LogP contribution in [0.15, 0.2) is 47.1 Å². The highest BCUT2D eigenvalue weighted by molar-refractivity contribution is 5.96. The summed E-state index contributed by atoms with van der Waals surface area (Å²) >= 11 is 0. The third kappa shape index (κ3) is 3.49. The lowest BCUT2D eigenvalue weighted by Gasteiger charge is -2.33. The number of furan rings is 1. The fraction of sp³-hybridized carbons (Fsp3) is 0.476. The monoisotopic (exact) mass is 338 g/mol. The number of amides is 1. The van der Waals surface area contributed by atoms with Crippen molar-refractivity contribution in [3.8, 4) is 0 Å². The van der Waals surface area contributed by atoms with Crippen LogP contribution in [0.3, 0.4) is 0 Å². The van der Waals surface area contributed by atoms with Crippen LogP contribution in [0.5, 0.6) is 0 Å². The van der Waals surface area contributed by atoms with Gasteiger partial charge in [-0.3, -0.25) is 9.69 Å². The number of hydrogen-bond acceptors (Lipinski definition) is 3. The van der Waals surface area contributed by atoms with E-state index in [2.05, 4.69) is 23.1 Å². The second-order valence-corrected chi connectivity index (χ2v) is 7.13. The number of rotatable bonds is 3. The van der Waals surface area contributed by atoms with Crippen LogP contribution in [-0.2, 0) is 11.2 Å². The number of carbonyl (C=O) groups excluding carboxylic acids is 1. The van der Waals surface area contributed by atoms with Crippen LogP contribution in [0, 0.1) is 0 Å². The number of nitrogens with zero attached hydrogens (tertiary/aromatic N) is 2. The van der Waals surface area contributed by atoms with Gasteiger partial charge in [0.05, 0.1) is 18.8 Å². The highest BCUT2D eigenvalue weighted by Crippen LogP contribution is 2.31. The Balaban J connectivity index is 1.53. The summed E-state index contributed by atoms with van der Waals surface area (Å²) in [6.45, 7) is 2.27. The van der Waals surface area contributed by atoms with E-state index in [1.165, 1.54) is 18.4 Å². The second kappa shape index (κ2) is 7.44. The number of fused-ring (bicyclic) bond motifs is 1. The van der Waals surface area contributed by atoms with Crippen molar-refractivity contribution in [1.29, 1.82) is 0 Å². The maximum Gasteiger partial charge on any atom is 0.241 e. The van der Waals surface area contributed by atoms with Crippen LogP contribution in [0.1, 0.15) is 49.5 Å². The quantitative estimate of drug-likeness (QED) is 0.842. The molecule has 3 heterocycles. The summed E-state index contributed by atoms with van der Waals surface area (Å²) < 4.78 is 5.68. The molecule has 1 fully saturated rings. The number of benzene rings is 1. The molecule has 2 aliphatic rings. The summed E-state index contributed by atoms with van der Waals surface area (Å²) in [7, 11) is 0. The van der Waals surface area contributed by atoms with Gasteiger partial charge in [0.15, 0.2) is 0 Å². The molecule has 0 aliphatic carbocycles. The molecular weight excluding hydrogens is 312 g/mol. The molecule has 1 unspecified atom stereocenters. The van der Waals surface area contributed by atoms with E-state index >= 15 is 0 Å². The molecule has 1 amide bonds. The molecule has 1 aromatic heterocycles. The van der Waals surface area contributed by atoms with E-state index in [1.54, 1.807) is 6.26 Å². The van der Waals surface area contributed by atoms with Gasteiger partial charge in [-0.05, 0) is 56.0 Å². The molecule has 1 saturated heterocycles. The SMILES string of the molecule is O=C(CN1CCCCCC1c1ccco1)N1CCCc2ccccc21. The van der Waals surface area contributed by atoms with Gasteiger partial charge in [0.2, 0.25) is 5.91 Å². The van der Waals surface area contributed by atoms with Gasteiger partial charge in [-0.15, -0.1) is 0 Å². The van der Waals surface area contributed by atoms with Crippen molar-refractivity contribution in [2.24, 2.45) is 0 Å². The summed E-state index contributed by atoms with van der Waals surface area (Å²) in [6, 6.07) is 12.5. The topological polar surface area (TPSA) is 36.7 Å². The maximum atomic E-state index is 13.1. The fourth-order valence-corrected chi connectivity index (χ4v) is 4.21. The van der Waals surface area contributed by atoms with E-state index in [4.69, 9.17) is 4.42 Å². The number of anilines is 1. The van der Waals surface area contributed by atoms with Crippen LogP contribution in [0.25, 0.3) is 0 Å². The van der Waals surface area contributed by atoms with E-state index < -0.39 is 0 Å². The van der Waals surface area contributed by atoms with Crippen molar-refractivity contribution in [2.45, 2.75) is 44.6 Å². The predicted molar refractivity (Wildman–Crippen MR) is 98.6 cm³/mol. The second-order valence-electron chi connectivity index (χ2n) is 7.13. The molecule has 132 valence electrons. The van der Waals surface area contributed by atoms with Gasteiger partial charge < -0.3 is 9.32 Å². The predicted octanol–water partition coefficient (Wildman–Crippen LogP) is 4.18. The molecule has 2 aromatic rings. The Morgan fingerprint density at radius 1 is 1.04 bits per heavy atom.